The third-order valence-corrected chi connectivity index (χ3v) is 5.70. The molecule has 1 aliphatic heterocycles. The van der Waals surface area contributed by atoms with E-state index in [1.807, 2.05) is 66.0 Å². The Balaban J connectivity index is 1.61. The molecule has 5 nitrogen and oxygen atoms in total. The van der Waals surface area contributed by atoms with Gasteiger partial charge in [-0.1, -0.05) is 60.7 Å². The van der Waals surface area contributed by atoms with Gasteiger partial charge in [-0.2, -0.15) is 0 Å². The third-order valence-electron chi connectivity index (χ3n) is 5.01. The van der Waals surface area contributed by atoms with Crippen LogP contribution in [0.5, 0.6) is 0 Å². The van der Waals surface area contributed by atoms with Gasteiger partial charge >= 0.3 is 0 Å². The van der Waals surface area contributed by atoms with Crippen LogP contribution in [0.15, 0.2) is 72.2 Å². The first-order chi connectivity index (χ1) is 13.7. The van der Waals surface area contributed by atoms with Gasteiger partial charge in [0.15, 0.2) is 5.13 Å². The molecule has 0 saturated carbocycles. The zero-order chi connectivity index (χ0) is 19.3. The lowest BCUT2D eigenvalue weighted by Gasteiger charge is -2.28. The third kappa shape index (κ3) is 3.82. The summed E-state index contributed by atoms with van der Waals surface area (Å²) in [6, 6.07) is 19.0. The molecule has 4 rings (SSSR count). The smallest absolute Gasteiger partial charge is 0.248 e. The van der Waals surface area contributed by atoms with Gasteiger partial charge < -0.3 is 10.2 Å². The van der Waals surface area contributed by atoms with E-state index in [4.69, 9.17) is 0 Å². The molecule has 2 heterocycles. The Morgan fingerprint density at radius 1 is 1.04 bits per heavy atom. The van der Waals surface area contributed by atoms with E-state index in [0.717, 1.165) is 17.5 Å². The molecule has 1 aliphatic rings. The minimum Gasteiger partial charge on any atom is -0.330 e. The lowest BCUT2D eigenvalue weighted by Crippen LogP contribution is -2.45. The van der Waals surface area contributed by atoms with E-state index in [2.05, 4.69) is 10.3 Å². The molecule has 3 aromatic rings. The summed E-state index contributed by atoms with van der Waals surface area (Å²) in [5.74, 6) is -0.620. The largest absolute Gasteiger partial charge is 0.330 e. The van der Waals surface area contributed by atoms with Crippen molar-refractivity contribution in [3.63, 3.8) is 0 Å². The summed E-state index contributed by atoms with van der Waals surface area (Å²) in [7, 11) is 0. The van der Waals surface area contributed by atoms with E-state index in [9.17, 15) is 9.59 Å². The van der Waals surface area contributed by atoms with Crippen LogP contribution in [0.2, 0.25) is 0 Å². The molecule has 6 heteroatoms. The second-order valence-corrected chi connectivity index (χ2v) is 7.67. The summed E-state index contributed by atoms with van der Waals surface area (Å²) in [5.41, 5.74) is 1.87. The fourth-order valence-electron chi connectivity index (χ4n) is 3.71. The number of likely N-dealkylation sites (tertiary alicyclic amines) is 1. The van der Waals surface area contributed by atoms with Crippen molar-refractivity contribution in [2.24, 2.45) is 0 Å². The van der Waals surface area contributed by atoms with Crippen molar-refractivity contribution >= 4 is 28.3 Å². The summed E-state index contributed by atoms with van der Waals surface area (Å²) in [6.45, 7) is 0.588. The van der Waals surface area contributed by atoms with E-state index in [1.54, 1.807) is 11.1 Å². The molecule has 2 aromatic carbocycles. The first-order valence-corrected chi connectivity index (χ1v) is 10.2. The Bertz CT molecular complexity index is 889. The van der Waals surface area contributed by atoms with E-state index >= 15 is 0 Å². The normalized spacial score (nSPS) is 16.3. The van der Waals surface area contributed by atoms with Gasteiger partial charge in [0, 0.05) is 18.1 Å². The minimum absolute atomic E-state index is 0.0332. The number of carbonyl (C=O) groups excluding carboxylic acids is 2. The number of nitrogens with zero attached hydrogens (tertiary/aromatic N) is 2. The van der Waals surface area contributed by atoms with Crippen molar-refractivity contribution in [3.05, 3.63) is 83.4 Å². The SMILES string of the molecule is O=C(Nc1nccs1)[C@@H]1CCCN1C(=O)C(c1ccccc1)c1ccccc1. The summed E-state index contributed by atoms with van der Waals surface area (Å²) in [5, 5.41) is 5.22. The molecule has 0 aliphatic carbocycles. The highest BCUT2D eigenvalue weighted by molar-refractivity contribution is 7.13. The van der Waals surface area contributed by atoms with E-state index in [1.165, 1.54) is 11.3 Å². The number of hydrogen-bond acceptors (Lipinski definition) is 4. The average Bonchev–Trinajstić information content (AvgIpc) is 3.42. The van der Waals surface area contributed by atoms with E-state index in [-0.39, 0.29) is 11.8 Å². The van der Waals surface area contributed by atoms with Crippen LogP contribution in [-0.4, -0.2) is 34.3 Å². The molecule has 28 heavy (non-hydrogen) atoms. The van der Waals surface area contributed by atoms with Crippen molar-refractivity contribution in [2.45, 2.75) is 24.8 Å². The number of rotatable bonds is 5. The predicted molar refractivity (Wildman–Crippen MR) is 110 cm³/mol. The fraction of sp³-hybridized carbons (Fsp3) is 0.227. The Morgan fingerprint density at radius 2 is 1.68 bits per heavy atom. The summed E-state index contributed by atoms with van der Waals surface area (Å²) in [6.07, 6.45) is 3.13. The maximum atomic E-state index is 13.6. The van der Waals surface area contributed by atoms with Crippen LogP contribution < -0.4 is 5.32 Å². The average molecular weight is 391 g/mol. The zero-order valence-electron chi connectivity index (χ0n) is 15.3. The number of amides is 2. The van der Waals surface area contributed by atoms with Gasteiger partial charge in [-0.25, -0.2) is 4.98 Å². The second-order valence-electron chi connectivity index (χ2n) is 6.77. The lowest BCUT2D eigenvalue weighted by atomic mass is 9.90. The molecule has 0 radical (unpaired) electrons. The van der Waals surface area contributed by atoms with Crippen molar-refractivity contribution in [3.8, 4) is 0 Å². The molecule has 1 N–H and O–H groups in total. The van der Waals surface area contributed by atoms with Crippen LogP contribution in [0.25, 0.3) is 0 Å². The number of nitrogens with one attached hydrogen (secondary N) is 1. The fourth-order valence-corrected chi connectivity index (χ4v) is 4.24. The first kappa shape index (κ1) is 18.4. The number of benzene rings is 2. The highest BCUT2D eigenvalue weighted by atomic mass is 32.1. The highest BCUT2D eigenvalue weighted by Gasteiger charge is 2.38. The quantitative estimate of drug-likeness (QED) is 0.717. The molecular formula is C22H21N3O2S. The van der Waals surface area contributed by atoms with Crippen LogP contribution in [-0.2, 0) is 9.59 Å². The molecule has 1 saturated heterocycles. The van der Waals surface area contributed by atoms with Crippen LogP contribution in [0, 0.1) is 0 Å². The summed E-state index contributed by atoms with van der Waals surface area (Å²) < 4.78 is 0. The lowest BCUT2D eigenvalue weighted by molar-refractivity contribution is -0.137. The number of anilines is 1. The van der Waals surface area contributed by atoms with Gasteiger partial charge in [0.2, 0.25) is 11.8 Å². The predicted octanol–water partition coefficient (Wildman–Crippen LogP) is 3.90. The van der Waals surface area contributed by atoms with Gasteiger partial charge in [0.05, 0.1) is 5.92 Å². The maximum Gasteiger partial charge on any atom is 0.248 e. The van der Waals surface area contributed by atoms with Gasteiger partial charge in [-0.3, -0.25) is 9.59 Å². The van der Waals surface area contributed by atoms with Gasteiger partial charge in [-0.05, 0) is 24.0 Å². The van der Waals surface area contributed by atoms with Gasteiger partial charge in [-0.15, -0.1) is 11.3 Å². The van der Waals surface area contributed by atoms with Crippen LogP contribution in [0.1, 0.15) is 29.9 Å². The maximum absolute atomic E-state index is 13.6. The Labute approximate surface area is 168 Å². The van der Waals surface area contributed by atoms with E-state index in [0.29, 0.717) is 18.1 Å². The molecule has 142 valence electrons. The Hall–Kier alpha value is -2.99. The van der Waals surface area contributed by atoms with Crippen molar-refractivity contribution in [2.75, 3.05) is 11.9 Å². The number of carbonyl (C=O) groups is 2. The monoisotopic (exact) mass is 391 g/mol. The zero-order valence-corrected chi connectivity index (χ0v) is 16.1. The minimum atomic E-state index is -0.466. The molecule has 0 unspecified atom stereocenters. The number of aromatic nitrogens is 1. The van der Waals surface area contributed by atoms with E-state index < -0.39 is 12.0 Å². The van der Waals surface area contributed by atoms with Crippen LogP contribution >= 0.6 is 11.3 Å². The molecule has 0 bridgehead atoms. The summed E-state index contributed by atoms with van der Waals surface area (Å²) in [4.78, 5) is 32.2. The van der Waals surface area contributed by atoms with Gasteiger partial charge in [0.25, 0.3) is 0 Å². The molecule has 0 spiro atoms. The first-order valence-electron chi connectivity index (χ1n) is 9.35. The second kappa shape index (κ2) is 8.35. The number of thiazole rings is 1. The van der Waals surface area contributed by atoms with Gasteiger partial charge in [0.1, 0.15) is 6.04 Å². The number of hydrogen-bond donors (Lipinski definition) is 1. The molecule has 2 amide bonds. The Morgan fingerprint density at radius 3 is 2.25 bits per heavy atom. The van der Waals surface area contributed by atoms with Crippen molar-refractivity contribution in [1.82, 2.24) is 9.88 Å². The topological polar surface area (TPSA) is 62.3 Å². The highest BCUT2D eigenvalue weighted by Crippen LogP contribution is 2.30. The van der Waals surface area contributed by atoms with Crippen LogP contribution in [0.4, 0.5) is 5.13 Å². The van der Waals surface area contributed by atoms with Crippen molar-refractivity contribution < 1.29 is 9.59 Å². The molecular weight excluding hydrogens is 370 g/mol. The standard InChI is InChI=1S/C22H21N3O2S/c26-20(24-22-23-13-15-28-22)18-12-7-14-25(18)21(27)19(16-8-3-1-4-9-16)17-10-5-2-6-11-17/h1-6,8-11,13,15,18-19H,7,12,14H2,(H,23,24,26)/t18-/m0/s1. The van der Waals surface area contributed by atoms with Crippen molar-refractivity contribution in [1.29, 1.82) is 0 Å². The molecule has 1 atom stereocenters. The summed E-state index contributed by atoms with van der Waals surface area (Å²) >= 11 is 1.37. The molecule has 1 fully saturated rings. The Kier molecular flexibility index (Phi) is 5.48. The van der Waals surface area contributed by atoms with Crippen LogP contribution in [0.3, 0.4) is 0 Å². The molecule has 1 aromatic heterocycles.